The van der Waals surface area contributed by atoms with Crippen LogP contribution in [0.4, 0.5) is 8.78 Å². The van der Waals surface area contributed by atoms with Crippen molar-refractivity contribution in [2.24, 2.45) is 0 Å². The van der Waals surface area contributed by atoms with Crippen molar-refractivity contribution < 1.29 is 23.4 Å². The van der Waals surface area contributed by atoms with Crippen molar-refractivity contribution in [3.63, 3.8) is 0 Å². The fraction of sp³-hybridized carbons (Fsp3) is 0.700. The lowest BCUT2D eigenvalue weighted by molar-refractivity contribution is -0.0570. The molecule has 6 fully saturated rings. The van der Waals surface area contributed by atoms with Crippen LogP contribution in [0.15, 0.2) is 48.5 Å². The minimum absolute atomic E-state index is 0. The molecule has 9 heteroatoms. The quantitative estimate of drug-likeness (QED) is 0.321. The molecule has 0 saturated carbocycles. The second-order valence-corrected chi connectivity index (χ2v) is 15.4. The van der Waals surface area contributed by atoms with E-state index in [9.17, 15) is 13.9 Å². The van der Waals surface area contributed by atoms with Crippen LogP contribution in [-0.4, -0.2) is 83.6 Å². The fourth-order valence-corrected chi connectivity index (χ4v) is 9.28. The predicted octanol–water partition coefficient (Wildman–Crippen LogP) is 7.79. The van der Waals surface area contributed by atoms with Gasteiger partial charge in [0, 0.05) is 47.4 Å². The second-order valence-electron chi connectivity index (χ2n) is 15.4. The smallest absolute Gasteiger partial charge is 0.128 e. The molecule has 6 aliphatic heterocycles. The van der Waals surface area contributed by atoms with Crippen LogP contribution in [0.1, 0.15) is 107 Å². The van der Waals surface area contributed by atoms with Gasteiger partial charge in [-0.05, 0) is 103 Å². The van der Waals surface area contributed by atoms with Crippen LogP contribution in [0.2, 0.25) is 0 Å². The van der Waals surface area contributed by atoms with Gasteiger partial charge in [-0.15, -0.1) is 12.4 Å². The standard InChI is InChI=1S/C16H22FNO.C15H20FNO.C9H17NO.ClH/c1-18-13-6-4-7-14(18)10-15(9-13)19-11-12-5-2-3-8-16(12)17;16-15-7-2-1-4-11(15)10-18-14-8-12-5-3-6-13(9-14)17-12;1-10-7-3-2-4-8(10)6-9(11)5-7;/h2-3,5,8,13-15H,4,6-7,9-11H2,1H3;1-2,4,7,12-14,17H,3,5-6,8-10H2;7-9,11H,2-6H2,1H3;1H. The van der Waals surface area contributed by atoms with Crippen molar-refractivity contribution >= 4 is 12.4 Å². The average Bonchev–Trinajstić information content (AvgIpc) is 3.05. The summed E-state index contributed by atoms with van der Waals surface area (Å²) in [5.74, 6) is -0.317. The van der Waals surface area contributed by atoms with Gasteiger partial charge in [0.1, 0.15) is 11.6 Å². The number of benzene rings is 2. The monoisotopic (exact) mass is 703 g/mol. The van der Waals surface area contributed by atoms with Crippen LogP contribution in [0, 0.1) is 11.6 Å². The third kappa shape index (κ3) is 10.7. The van der Waals surface area contributed by atoms with E-state index in [1.165, 1.54) is 69.9 Å². The van der Waals surface area contributed by atoms with Gasteiger partial charge in [0.25, 0.3) is 0 Å². The third-order valence-corrected chi connectivity index (χ3v) is 12.1. The molecule has 2 aromatic rings. The van der Waals surface area contributed by atoms with E-state index in [0.29, 0.717) is 72.8 Å². The Hall–Kier alpha value is -1.65. The Bertz CT molecular complexity index is 1250. The van der Waals surface area contributed by atoms with Gasteiger partial charge in [-0.3, -0.25) is 0 Å². The van der Waals surface area contributed by atoms with Crippen LogP contribution in [0.25, 0.3) is 0 Å². The van der Waals surface area contributed by atoms with Crippen molar-refractivity contribution in [3.05, 3.63) is 71.3 Å². The van der Waals surface area contributed by atoms with Crippen molar-refractivity contribution in [1.82, 2.24) is 15.1 Å². The molecule has 0 radical (unpaired) electrons. The van der Waals surface area contributed by atoms with Crippen molar-refractivity contribution in [3.8, 4) is 0 Å². The van der Waals surface area contributed by atoms with E-state index in [1.54, 1.807) is 18.2 Å². The van der Waals surface area contributed by atoms with Crippen LogP contribution in [-0.2, 0) is 22.7 Å². The summed E-state index contributed by atoms with van der Waals surface area (Å²) in [5, 5.41) is 13.1. The lowest BCUT2D eigenvalue weighted by Gasteiger charge is -2.46. The van der Waals surface area contributed by atoms with Gasteiger partial charge in [0.15, 0.2) is 0 Å². The number of halogens is 3. The first-order valence-corrected chi connectivity index (χ1v) is 18.9. The van der Waals surface area contributed by atoms with E-state index in [4.69, 9.17) is 9.47 Å². The summed E-state index contributed by atoms with van der Waals surface area (Å²) in [4.78, 5) is 4.99. The Morgan fingerprint density at radius 3 is 1.45 bits per heavy atom. The molecule has 6 heterocycles. The van der Waals surface area contributed by atoms with E-state index < -0.39 is 0 Å². The molecule has 2 N–H and O–H groups in total. The number of nitrogens with zero attached hydrogens (tertiary/aromatic N) is 2. The molecule has 0 aromatic heterocycles. The van der Waals surface area contributed by atoms with Gasteiger partial charge in [0.05, 0.1) is 31.5 Å². The average molecular weight is 704 g/mol. The number of fused-ring (bicyclic) bond motifs is 6. The highest BCUT2D eigenvalue weighted by molar-refractivity contribution is 5.85. The van der Waals surface area contributed by atoms with E-state index >= 15 is 0 Å². The molecule has 49 heavy (non-hydrogen) atoms. The predicted molar refractivity (Wildman–Crippen MR) is 194 cm³/mol. The van der Waals surface area contributed by atoms with Gasteiger partial charge in [0.2, 0.25) is 0 Å². The zero-order valence-electron chi connectivity index (χ0n) is 29.7. The molecular weight excluding hydrogens is 644 g/mol. The minimum atomic E-state index is -0.161. The highest BCUT2D eigenvalue weighted by Gasteiger charge is 2.37. The first kappa shape index (κ1) is 38.6. The fourth-order valence-electron chi connectivity index (χ4n) is 9.28. The van der Waals surface area contributed by atoms with Crippen molar-refractivity contribution in [1.29, 1.82) is 0 Å². The summed E-state index contributed by atoms with van der Waals surface area (Å²) >= 11 is 0. The molecule has 6 saturated heterocycles. The van der Waals surface area contributed by atoms with Crippen molar-refractivity contribution in [2.45, 2.75) is 164 Å². The lowest BCUT2D eigenvalue weighted by Crippen LogP contribution is -2.51. The molecule has 6 nitrogen and oxygen atoms in total. The minimum Gasteiger partial charge on any atom is -0.393 e. The number of piperidine rings is 6. The molecule has 6 bridgehead atoms. The molecule has 0 aliphatic carbocycles. The number of aliphatic hydroxyl groups is 1. The first-order chi connectivity index (χ1) is 23.3. The molecule has 6 atom stereocenters. The molecule has 6 unspecified atom stereocenters. The molecular formula is C40H60ClF2N3O3. The molecule has 0 spiro atoms. The summed E-state index contributed by atoms with van der Waals surface area (Å²) < 4.78 is 38.9. The summed E-state index contributed by atoms with van der Waals surface area (Å²) in [5.41, 5.74) is 1.34. The van der Waals surface area contributed by atoms with E-state index in [0.717, 1.165) is 38.5 Å². The highest BCUT2D eigenvalue weighted by atomic mass is 35.5. The Kier molecular flexibility index (Phi) is 14.7. The van der Waals surface area contributed by atoms with Crippen LogP contribution in [0.5, 0.6) is 0 Å². The maximum Gasteiger partial charge on any atom is 0.128 e. The third-order valence-electron chi connectivity index (χ3n) is 12.1. The molecule has 6 aliphatic rings. The summed E-state index contributed by atoms with van der Waals surface area (Å²) in [6.45, 7) is 0.803. The van der Waals surface area contributed by atoms with Crippen LogP contribution in [0.3, 0.4) is 0 Å². The number of hydrogen-bond donors (Lipinski definition) is 2. The molecule has 274 valence electrons. The Balaban J connectivity index is 0.000000147. The molecule has 8 rings (SSSR count). The lowest BCUT2D eigenvalue weighted by atomic mass is 9.83. The maximum atomic E-state index is 13.5. The second kappa shape index (κ2) is 18.7. The van der Waals surface area contributed by atoms with Crippen molar-refractivity contribution in [2.75, 3.05) is 14.1 Å². The zero-order chi connectivity index (χ0) is 33.5. The van der Waals surface area contributed by atoms with E-state index in [1.807, 2.05) is 18.2 Å². The summed E-state index contributed by atoms with van der Waals surface area (Å²) in [7, 11) is 4.45. The largest absolute Gasteiger partial charge is 0.393 e. The topological polar surface area (TPSA) is 57.2 Å². The number of aliphatic hydroxyl groups excluding tert-OH is 1. The Morgan fingerprint density at radius 1 is 0.612 bits per heavy atom. The summed E-state index contributed by atoms with van der Waals surface area (Å²) in [6, 6.07) is 17.7. The first-order valence-electron chi connectivity index (χ1n) is 18.9. The number of rotatable bonds is 6. The number of ether oxygens (including phenoxy) is 2. The number of hydrogen-bond acceptors (Lipinski definition) is 6. The van der Waals surface area contributed by atoms with E-state index in [2.05, 4.69) is 29.2 Å². The summed E-state index contributed by atoms with van der Waals surface area (Å²) in [6.07, 6.45) is 18.7. The van der Waals surface area contributed by atoms with Gasteiger partial charge in [-0.2, -0.15) is 0 Å². The van der Waals surface area contributed by atoms with Crippen LogP contribution >= 0.6 is 12.4 Å². The van der Waals surface area contributed by atoms with Crippen LogP contribution < -0.4 is 5.32 Å². The normalized spacial score (nSPS) is 33.9. The highest BCUT2D eigenvalue weighted by Crippen LogP contribution is 2.35. The van der Waals surface area contributed by atoms with Gasteiger partial charge in [-0.25, -0.2) is 8.78 Å². The SMILES string of the molecule is CN1C2CCCC1CC(O)C2.CN1C2CCCC1CC(OCc1ccccc1F)C2.Cl.Fc1ccccc1COC1CC2CCCC(C1)N2. The Labute approximate surface area is 299 Å². The van der Waals surface area contributed by atoms with Gasteiger partial charge < -0.3 is 29.7 Å². The van der Waals surface area contributed by atoms with E-state index in [-0.39, 0.29) is 30.1 Å². The molecule has 0 amide bonds. The molecule has 2 aromatic carbocycles. The van der Waals surface area contributed by atoms with Gasteiger partial charge >= 0.3 is 0 Å². The maximum absolute atomic E-state index is 13.5. The number of nitrogens with one attached hydrogen (secondary N) is 1. The zero-order valence-corrected chi connectivity index (χ0v) is 30.5. The Morgan fingerprint density at radius 2 is 1.00 bits per heavy atom. The van der Waals surface area contributed by atoms with Gasteiger partial charge in [-0.1, -0.05) is 55.7 Å².